The zero-order chi connectivity index (χ0) is 10.6. The second-order valence-electron chi connectivity index (χ2n) is 3.98. The Morgan fingerprint density at radius 1 is 1.50 bits per heavy atom. The van der Waals surface area contributed by atoms with Crippen LogP contribution in [-0.4, -0.2) is 4.98 Å². The molecule has 0 unspecified atom stereocenters. The van der Waals surface area contributed by atoms with E-state index < -0.39 is 11.5 Å². The van der Waals surface area contributed by atoms with E-state index in [0.717, 1.165) is 19.8 Å². The van der Waals surface area contributed by atoms with Crippen LogP contribution in [0.1, 0.15) is 37.1 Å². The first-order chi connectivity index (χ1) is 6.33. The van der Waals surface area contributed by atoms with Crippen LogP contribution in [0.2, 0.25) is 0 Å². The molecular weight excluding hydrogens is 190 g/mol. The van der Waals surface area contributed by atoms with Gasteiger partial charge in [-0.1, -0.05) is 0 Å². The van der Waals surface area contributed by atoms with E-state index in [1.165, 1.54) is 6.92 Å². The molecule has 0 saturated heterocycles. The highest BCUT2D eigenvalue weighted by Gasteiger charge is 2.46. The highest BCUT2D eigenvalue weighted by molar-refractivity contribution is 5.20. The lowest BCUT2D eigenvalue weighted by Crippen LogP contribution is -2.19. The van der Waals surface area contributed by atoms with E-state index in [0.29, 0.717) is 0 Å². The van der Waals surface area contributed by atoms with Crippen LogP contribution in [0.5, 0.6) is 0 Å². The van der Waals surface area contributed by atoms with Crippen LogP contribution in [0, 0.1) is 6.92 Å². The molecule has 14 heavy (non-hydrogen) atoms. The molecule has 5 heteroatoms. The summed E-state index contributed by atoms with van der Waals surface area (Å²) in [6, 6.07) is 0. The summed E-state index contributed by atoms with van der Waals surface area (Å²) in [5, 5.41) is 0. The highest BCUT2D eigenvalue weighted by atomic mass is 19.3. The molecule has 3 nitrogen and oxygen atoms in total. The average Bonchev–Trinajstić information content (AvgIpc) is 2.61. The minimum Gasteiger partial charge on any atom is -0.437 e. The summed E-state index contributed by atoms with van der Waals surface area (Å²) in [5.41, 5.74) is 5.43. The molecule has 0 spiro atoms. The summed E-state index contributed by atoms with van der Waals surface area (Å²) in [6.07, 6.45) is 1.50. The molecule has 2 rings (SSSR count). The standard InChI is InChI=1S/C9H12F2N2O/c1-5-6(8(2,10)11)14-7(13-5)9(12)3-4-9/h3-4,12H2,1-2H3. The number of rotatable bonds is 2. The van der Waals surface area contributed by atoms with Crippen molar-refractivity contribution in [3.8, 4) is 0 Å². The molecule has 1 heterocycles. The molecule has 0 aliphatic heterocycles. The number of oxazole rings is 1. The van der Waals surface area contributed by atoms with E-state index in [1.807, 2.05) is 0 Å². The molecule has 0 radical (unpaired) electrons. The number of nitrogens with two attached hydrogens (primary N) is 1. The lowest BCUT2D eigenvalue weighted by Gasteiger charge is -2.06. The van der Waals surface area contributed by atoms with Crippen molar-refractivity contribution in [2.75, 3.05) is 0 Å². The number of aromatic nitrogens is 1. The van der Waals surface area contributed by atoms with Crippen molar-refractivity contribution in [3.63, 3.8) is 0 Å². The maximum Gasteiger partial charge on any atom is 0.303 e. The summed E-state index contributed by atoms with van der Waals surface area (Å²) in [5.74, 6) is -3.11. The van der Waals surface area contributed by atoms with Gasteiger partial charge in [0.05, 0.1) is 11.2 Å². The largest absolute Gasteiger partial charge is 0.437 e. The van der Waals surface area contributed by atoms with Gasteiger partial charge in [0.25, 0.3) is 0 Å². The van der Waals surface area contributed by atoms with Crippen molar-refractivity contribution < 1.29 is 13.2 Å². The fourth-order valence-corrected chi connectivity index (χ4v) is 1.37. The van der Waals surface area contributed by atoms with Crippen LogP contribution >= 0.6 is 0 Å². The van der Waals surface area contributed by atoms with Crippen molar-refractivity contribution in [1.82, 2.24) is 4.98 Å². The van der Waals surface area contributed by atoms with Gasteiger partial charge in [-0.2, -0.15) is 8.78 Å². The molecular formula is C9H12F2N2O. The Morgan fingerprint density at radius 3 is 2.43 bits per heavy atom. The van der Waals surface area contributed by atoms with E-state index in [-0.39, 0.29) is 17.3 Å². The fourth-order valence-electron chi connectivity index (χ4n) is 1.37. The van der Waals surface area contributed by atoms with E-state index in [9.17, 15) is 8.78 Å². The van der Waals surface area contributed by atoms with Crippen LogP contribution < -0.4 is 5.73 Å². The molecule has 0 bridgehead atoms. The quantitative estimate of drug-likeness (QED) is 0.798. The summed E-state index contributed by atoms with van der Waals surface area (Å²) in [7, 11) is 0. The molecule has 0 amide bonds. The van der Waals surface area contributed by atoms with E-state index >= 15 is 0 Å². The minimum atomic E-state index is -2.99. The number of aryl methyl sites for hydroxylation is 1. The molecule has 0 aromatic carbocycles. The zero-order valence-corrected chi connectivity index (χ0v) is 8.10. The Morgan fingerprint density at radius 2 is 2.07 bits per heavy atom. The van der Waals surface area contributed by atoms with Gasteiger partial charge >= 0.3 is 5.92 Å². The van der Waals surface area contributed by atoms with Crippen molar-refractivity contribution >= 4 is 0 Å². The predicted molar refractivity (Wildman–Crippen MR) is 45.9 cm³/mol. The van der Waals surface area contributed by atoms with Gasteiger partial charge in [0, 0.05) is 6.92 Å². The summed E-state index contributed by atoms with van der Waals surface area (Å²) < 4.78 is 30.9. The maximum absolute atomic E-state index is 13.0. The second kappa shape index (κ2) is 2.53. The number of alkyl halides is 2. The van der Waals surface area contributed by atoms with Crippen LogP contribution in [0.15, 0.2) is 4.42 Å². The zero-order valence-electron chi connectivity index (χ0n) is 8.10. The highest BCUT2D eigenvalue weighted by Crippen LogP contribution is 2.44. The molecule has 2 N–H and O–H groups in total. The van der Waals surface area contributed by atoms with Crippen molar-refractivity contribution in [1.29, 1.82) is 0 Å². The maximum atomic E-state index is 13.0. The van der Waals surface area contributed by atoms with Crippen LogP contribution in [0.4, 0.5) is 8.78 Å². The topological polar surface area (TPSA) is 52.0 Å². The van der Waals surface area contributed by atoms with Gasteiger partial charge in [-0.05, 0) is 19.8 Å². The normalized spacial score (nSPS) is 19.8. The van der Waals surface area contributed by atoms with Crippen LogP contribution in [0.3, 0.4) is 0 Å². The first-order valence-electron chi connectivity index (χ1n) is 4.48. The Hall–Kier alpha value is -0.970. The van der Waals surface area contributed by atoms with Gasteiger partial charge in [-0.15, -0.1) is 0 Å². The Labute approximate surface area is 80.3 Å². The SMILES string of the molecule is Cc1nc(C2(N)CC2)oc1C(C)(F)F. The summed E-state index contributed by atoms with van der Waals surface area (Å²) in [6.45, 7) is 2.30. The minimum absolute atomic E-state index is 0.226. The first kappa shape index (κ1) is 9.58. The van der Waals surface area contributed by atoms with Crippen molar-refractivity contribution in [3.05, 3.63) is 17.3 Å². The third-order valence-electron chi connectivity index (χ3n) is 2.41. The average molecular weight is 202 g/mol. The van der Waals surface area contributed by atoms with Gasteiger partial charge in [0.2, 0.25) is 5.89 Å². The number of halogens is 2. The van der Waals surface area contributed by atoms with Gasteiger partial charge in [0.1, 0.15) is 0 Å². The van der Waals surface area contributed by atoms with E-state index in [4.69, 9.17) is 10.2 Å². The Balaban J connectivity index is 2.40. The van der Waals surface area contributed by atoms with Crippen LogP contribution in [0.25, 0.3) is 0 Å². The van der Waals surface area contributed by atoms with Crippen molar-refractivity contribution in [2.24, 2.45) is 5.73 Å². The fraction of sp³-hybridized carbons (Fsp3) is 0.667. The smallest absolute Gasteiger partial charge is 0.303 e. The van der Waals surface area contributed by atoms with E-state index in [1.54, 1.807) is 0 Å². The second-order valence-corrected chi connectivity index (χ2v) is 3.98. The summed E-state index contributed by atoms with van der Waals surface area (Å²) in [4.78, 5) is 3.94. The number of nitrogens with zero attached hydrogens (tertiary/aromatic N) is 1. The molecule has 1 fully saturated rings. The third-order valence-corrected chi connectivity index (χ3v) is 2.41. The lowest BCUT2D eigenvalue weighted by atomic mass is 10.2. The van der Waals surface area contributed by atoms with Gasteiger partial charge in [0.15, 0.2) is 5.76 Å². The molecule has 1 saturated carbocycles. The number of hydrogen-bond donors (Lipinski definition) is 1. The summed E-state index contributed by atoms with van der Waals surface area (Å²) >= 11 is 0. The number of hydrogen-bond acceptors (Lipinski definition) is 3. The molecule has 1 aliphatic rings. The molecule has 1 aromatic rings. The predicted octanol–water partition coefficient (Wildman–Crippen LogP) is 2.04. The van der Waals surface area contributed by atoms with Gasteiger partial charge in [-0.25, -0.2) is 4.98 Å². The van der Waals surface area contributed by atoms with Crippen molar-refractivity contribution in [2.45, 2.75) is 38.2 Å². The molecule has 0 atom stereocenters. The van der Waals surface area contributed by atoms with Crippen LogP contribution in [-0.2, 0) is 11.5 Å². The van der Waals surface area contributed by atoms with Gasteiger partial charge in [-0.3, -0.25) is 0 Å². The molecule has 1 aromatic heterocycles. The molecule has 78 valence electrons. The monoisotopic (exact) mass is 202 g/mol. The first-order valence-corrected chi connectivity index (χ1v) is 4.48. The molecule has 1 aliphatic carbocycles. The Kier molecular flexibility index (Phi) is 1.73. The van der Waals surface area contributed by atoms with Gasteiger partial charge < -0.3 is 10.2 Å². The lowest BCUT2D eigenvalue weighted by molar-refractivity contribution is -0.00746. The Bertz CT molecular complexity index is 363. The van der Waals surface area contributed by atoms with E-state index in [2.05, 4.69) is 4.98 Å². The third kappa shape index (κ3) is 1.41.